The lowest BCUT2D eigenvalue weighted by Crippen LogP contribution is -2.62. The molecule has 0 aromatic rings. The van der Waals surface area contributed by atoms with Crippen molar-refractivity contribution in [2.75, 3.05) is 13.2 Å². The number of fused-ring (bicyclic) bond motifs is 2. The lowest BCUT2D eigenvalue weighted by molar-refractivity contribution is -0.351. The molecule has 6 rings (SSSR count). The largest absolute Gasteiger partial charge is 0.522 e. The molecule has 5 atom stereocenters. The van der Waals surface area contributed by atoms with Gasteiger partial charge in [-0.3, -0.25) is 29.1 Å². The number of halogens is 5. The monoisotopic (exact) mass is 527 g/mol. The third-order valence-corrected chi connectivity index (χ3v) is 8.01. The van der Waals surface area contributed by atoms with Gasteiger partial charge in [0.1, 0.15) is 6.61 Å². The highest BCUT2D eigenvalue weighted by molar-refractivity contribution is 5.86. The van der Waals surface area contributed by atoms with Gasteiger partial charge < -0.3 is 15.4 Å². The molecule has 2 bridgehead atoms. The van der Waals surface area contributed by atoms with Gasteiger partial charge in [0.05, 0.1) is 36.0 Å². The van der Waals surface area contributed by atoms with Gasteiger partial charge in [-0.2, -0.15) is 0 Å². The third-order valence-electron chi connectivity index (χ3n) is 8.01. The summed E-state index contributed by atoms with van der Waals surface area (Å²) in [7, 11) is 0. The Balaban J connectivity index is 1.02. The zero-order valence-corrected chi connectivity index (χ0v) is 19.5. The minimum atomic E-state index is -4.69. The van der Waals surface area contributed by atoms with E-state index in [9.17, 15) is 31.5 Å². The molecule has 2 saturated heterocycles. The maximum Gasteiger partial charge on any atom is 0.522 e. The Morgan fingerprint density at radius 3 is 2.42 bits per heavy atom. The van der Waals surface area contributed by atoms with Crippen LogP contribution in [0.15, 0.2) is 0 Å². The first-order valence-corrected chi connectivity index (χ1v) is 12.3. The summed E-state index contributed by atoms with van der Waals surface area (Å²) < 4.78 is 82.4. The maximum absolute atomic E-state index is 13.2. The van der Waals surface area contributed by atoms with E-state index in [0.29, 0.717) is 44.9 Å². The molecule has 4 saturated carbocycles. The zero-order chi connectivity index (χ0) is 25.8. The van der Waals surface area contributed by atoms with Crippen LogP contribution in [0.3, 0.4) is 0 Å². The summed E-state index contributed by atoms with van der Waals surface area (Å²) in [6.45, 7) is -0.227. The van der Waals surface area contributed by atoms with E-state index in [0.717, 1.165) is 0 Å². The van der Waals surface area contributed by atoms with Crippen LogP contribution in [-0.2, 0) is 28.5 Å². The van der Waals surface area contributed by atoms with Crippen LogP contribution in [0.5, 0.6) is 0 Å². The summed E-state index contributed by atoms with van der Waals surface area (Å²) in [5.41, 5.74) is -1.08. The van der Waals surface area contributed by atoms with Crippen molar-refractivity contribution in [1.82, 2.24) is 16.0 Å². The van der Waals surface area contributed by atoms with Crippen LogP contribution >= 0.6 is 0 Å². The van der Waals surface area contributed by atoms with E-state index in [-0.39, 0.29) is 43.9 Å². The predicted octanol–water partition coefficient (Wildman–Crippen LogP) is 2.05. The normalized spacial score (nSPS) is 41.3. The number of nitrogens with one attached hydrogen (secondary N) is 3. The Labute approximate surface area is 204 Å². The molecule has 6 aliphatic rings. The molecule has 0 aromatic carbocycles. The van der Waals surface area contributed by atoms with Crippen LogP contribution in [0, 0.1) is 5.41 Å². The Morgan fingerprint density at radius 1 is 1.00 bits per heavy atom. The SMILES string of the molecule is O=C(COC1CCC2OC(F)(F)OC2C1)NC12CCC(C(=O)NC3CCC(OC(F)(F)F)CN3)(C1)C2. The average Bonchev–Trinajstić information content (AvgIpc) is 3.40. The van der Waals surface area contributed by atoms with Crippen LogP contribution in [0.25, 0.3) is 0 Å². The van der Waals surface area contributed by atoms with Crippen molar-refractivity contribution in [2.45, 2.75) is 107 Å². The molecule has 6 fully saturated rings. The molecule has 3 N–H and O–H groups in total. The molecule has 2 heterocycles. The van der Waals surface area contributed by atoms with Crippen molar-refractivity contribution in [3.8, 4) is 0 Å². The van der Waals surface area contributed by atoms with Crippen LogP contribution in [0.1, 0.15) is 57.8 Å². The fraction of sp³-hybridized carbons (Fsp3) is 0.909. The molecule has 2 aliphatic heterocycles. The molecule has 9 nitrogen and oxygen atoms in total. The van der Waals surface area contributed by atoms with Crippen LogP contribution in [0.4, 0.5) is 22.0 Å². The topological polar surface area (TPSA) is 107 Å². The van der Waals surface area contributed by atoms with E-state index in [1.54, 1.807) is 0 Å². The number of piperidine rings is 1. The summed E-state index contributed by atoms with van der Waals surface area (Å²) in [4.78, 5) is 25.4. The van der Waals surface area contributed by atoms with Gasteiger partial charge in [-0.25, -0.2) is 0 Å². The second-order valence-corrected chi connectivity index (χ2v) is 10.7. The minimum absolute atomic E-state index is 0.0125. The van der Waals surface area contributed by atoms with E-state index in [1.165, 1.54) is 0 Å². The number of ether oxygens (including phenoxy) is 4. The highest BCUT2D eigenvalue weighted by Crippen LogP contribution is 2.61. The van der Waals surface area contributed by atoms with Gasteiger partial charge >= 0.3 is 12.7 Å². The summed E-state index contributed by atoms with van der Waals surface area (Å²) in [5.74, 6) is -0.493. The van der Waals surface area contributed by atoms with Crippen LogP contribution < -0.4 is 16.0 Å². The van der Waals surface area contributed by atoms with Crippen molar-refractivity contribution >= 4 is 11.8 Å². The van der Waals surface area contributed by atoms with Gasteiger partial charge in [-0.1, -0.05) is 0 Å². The molecular weight excluding hydrogens is 497 g/mol. The second-order valence-electron chi connectivity index (χ2n) is 10.7. The highest BCUT2D eigenvalue weighted by Gasteiger charge is 2.65. The fourth-order valence-electron chi connectivity index (χ4n) is 6.44. The van der Waals surface area contributed by atoms with Crippen molar-refractivity contribution < 1.29 is 50.5 Å². The summed E-state index contributed by atoms with van der Waals surface area (Å²) in [6.07, 6.45) is -7.72. The number of rotatable bonds is 7. The second kappa shape index (κ2) is 9.29. The Bertz CT molecular complexity index is 860. The van der Waals surface area contributed by atoms with Gasteiger partial charge in [0.15, 0.2) is 0 Å². The molecule has 0 aromatic heterocycles. The number of carbonyl (C=O) groups excluding carboxylic acids is 2. The molecule has 4 aliphatic carbocycles. The molecule has 14 heteroatoms. The van der Waals surface area contributed by atoms with E-state index in [1.807, 2.05) is 0 Å². The van der Waals surface area contributed by atoms with Crippen molar-refractivity contribution in [1.29, 1.82) is 0 Å². The highest BCUT2D eigenvalue weighted by atomic mass is 19.4. The zero-order valence-electron chi connectivity index (χ0n) is 19.5. The van der Waals surface area contributed by atoms with E-state index in [4.69, 9.17) is 4.74 Å². The maximum atomic E-state index is 13.2. The van der Waals surface area contributed by atoms with Gasteiger partial charge in [-0.15, -0.1) is 22.0 Å². The smallest absolute Gasteiger partial charge is 0.368 e. The third kappa shape index (κ3) is 5.62. The van der Waals surface area contributed by atoms with Crippen molar-refractivity contribution in [3.05, 3.63) is 0 Å². The van der Waals surface area contributed by atoms with E-state index in [2.05, 4.69) is 30.2 Å². The molecule has 5 unspecified atom stereocenters. The summed E-state index contributed by atoms with van der Waals surface area (Å²) >= 11 is 0. The van der Waals surface area contributed by atoms with Crippen molar-refractivity contribution in [2.24, 2.45) is 5.41 Å². The van der Waals surface area contributed by atoms with Gasteiger partial charge in [-0.05, 0) is 51.4 Å². The van der Waals surface area contributed by atoms with Gasteiger partial charge in [0, 0.05) is 18.5 Å². The standard InChI is InChI=1S/C22H30F5N3O6/c23-21(24,25)34-13-2-4-16(28-8-13)29-18(32)19-5-6-20(10-19,11-19)30-17(31)9-33-12-1-3-14-15(7-12)36-22(26,27)35-14/h12-16,28H,1-11H2,(H,29,32)(H,30,31). The number of hydrogen-bond acceptors (Lipinski definition) is 7. The summed E-state index contributed by atoms with van der Waals surface area (Å²) in [6, 6.07) is 0. The first kappa shape index (κ1) is 26.0. The molecule has 36 heavy (non-hydrogen) atoms. The van der Waals surface area contributed by atoms with Gasteiger partial charge in [0.2, 0.25) is 11.8 Å². The van der Waals surface area contributed by atoms with Crippen LogP contribution in [0.2, 0.25) is 0 Å². The predicted molar refractivity (Wildman–Crippen MR) is 110 cm³/mol. The lowest BCUT2D eigenvalue weighted by Gasteiger charge is -2.47. The Morgan fingerprint density at radius 2 is 1.72 bits per heavy atom. The van der Waals surface area contributed by atoms with E-state index >= 15 is 0 Å². The van der Waals surface area contributed by atoms with Crippen LogP contribution in [-0.4, -0.2) is 73.7 Å². The number of amides is 2. The molecular formula is C22H30F5N3O6. The Hall–Kier alpha value is -1.61. The van der Waals surface area contributed by atoms with Gasteiger partial charge in [0.25, 0.3) is 0 Å². The lowest BCUT2D eigenvalue weighted by atomic mass is 9.64. The fourth-order valence-corrected chi connectivity index (χ4v) is 6.44. The molecule has 0 radical (unpaired) electrons. The molecule has 204 valence electrons. The minimum Gasteiger partial charge on any atom is -0.368 e. The number of hydrogen-bond donors (Lipinski definition) is 3. The summed E-state index contributed by atoms with van der Waals surface area (Å²) in [5, 5.41) is 8.75. The molecule has 0 spiro atoms. The quantitative estimate of drug-likeness (QED) is 0.435. The first-order valence-electron chi connectivity index (χ1n) is 12.3. The molecule has 2 amide bonds. The first-order chi connectivity index (χ1) is 16.8. The van der Waals surface area contributed by atoms with E-state index < -0.39 is 48.1 Å². The van der Waals surface area contributed by atoms with Crippen molar-refractivity contribution in [3.63, 3.8) is 0 Å². The number of carbonyl (C=O) groups is 2. The Kier molecular flexibility index (Phi) is 6.72. The average molecular weight is 527 g/mol. The number of alkyl halides is 5.